The lowest BCUT2D eigenvalue weighted by Gasteiger charge is -2.04. The number of nitrogens with two attached hydrogens (primary N) is 1. The van der Waals surface area contributed by atoms with Gasteiger partial charge < -0.3 is 15.2 Å². The lowest BCUT2D eigenvalue weighted by molar-refractivity contribution is 0.285. The molecule has 2 aromatic rings. The highest BCUT2D eigenvalue weighted by Gasteiger charge is 2.09. The Morgan fingerprint density at radius 1 is 1.28 bits per heavy atom. The predicted octanol–water partition coefficient (Wildman–Crippen LogP) is 1.07. The maximum absolute atomic E-state index is 5.54. The zero-order valence-corrected chi connectivity index (χ0v) is 10.2. The summed E-state index contributed by atoms with van der Waals surface area (Å²) in [7, 11) is 0. The standard InChI is InChI=1S/C10H14N6O2/c1-3-4-17-9-12-8(11)13-10(14-9)18-7-5-6(2)15-16-7/h5H,3-4H2,1-2H3,(H,15,16)(H2,11,12,13,14). The first-order chi connectivity index (χ1) is 8.67. The van der Waals surface area contributed by atoms with E-state index in [1.54, 1.807) is 6.07 Å². The lowest BCUT2D eigenvalue weighted by Crippen LogP contribution is -2.05. The molecule has 0 amide bonds. The van der Waals surface area contributed by atoms with Crippen LogP contribution in [0.15, 0.2) is 6.07 Å². The number of anilines is 1. The Morgan fingerprint density at radius 2 is 2.06 bits per heavy atom. The molecule has 0 aliphatic heterocycles. The van der Waals surface area contributed by atoms with Gasteiger partial charge in [0.25, 0.3) is 0 Å². The van der Waals surface area contributed by atoms with Gasteiger partial charge in [-0.25, -0.2) is 0 Å². The lowest BCUT2D eigenvalue weighted by atomic mass is 10.5. The molecule has 96 valence electrons. The van der Waals surface area contributed by atoms with Gasteiger partial charge >= 0.3 is 12.0 Å². The average Bonchev–Trinajstić information content (AvgIpc) is 2.71. The largest absolute Gasteiger partial charge is 0.463 e. The quantitative estimate of drug-likeness (QED) is 0.816. The molecule has 2 rings (SSSR count). The van der Waals surface area contributed by atoms with Crippen LogP contribution in [0.5, 0.6) is 17.9 Å². The van der Waals surface area contributed by atoms with Crippen LogP contribution in [0, 0.1) is 6.92 Å². The molecule has 0 unspecified atom stereocenters. The van der Waals surface area contributed by atoms with Crippen LogP contribution >= 0.6 is 0 Å². The highest BCUT2D eigenvalue weighted by molar-refractivity contribution is 5.23. The summed E-state index contributed by atoms with van der Waals surface area (Å²) in [6, 6.07) is 1.92. The van der Waals surface area contributed by atoms with E-state index >= 15 is 0 Å². The van der Waals surface area contributed by atoms with Gasteiger partial charge in [0.2, 0.25) is 11.8 Å². The predicted molar refractivity (Wildman–Crippen MR) is 63.4 cm³/mol. The van der Waals surface area contributed by atoms with E-state index in [1.165, 1.54) is 0 Å². The van der Waals surface area contributed by atoms with Gasteiger partial charge in [-0.05, 0) is 13.3 Å². The fraction of sp³-hybridized carbons (Fsp3) is 0.400. The Labute approximate surface area is 104 Å². The van der Waals surface area contributed by atoms with Crippen LogP contribution < -0.4 is 15.2 Å². The van der Waals surface area contributed by atoms with E-state index in [4.69, 9.17) is 15.2 Å². The van der Waals surface area contributed by atoms with Crippen molar-refractivity contribution in [2.75, 3.05) is 12.3 Å². The third-order valence-electron chi connectivity index (χ3n) is 1.93. The van der Waals surface area contributed by atoms with Gasteiger partial charge in [0.1, 0.15) is 0 Å². The summed E-state index contributed by atoms with van der Waals surface area (Å²) < 4.78 is 10.6. The number of nitrogen functional groups attached to an aromatic ring is 1. The van der Waals surface area contributed by atoms with Crippen molar-refractivity contribution in [2.45, 2.75) is 20.3 Å². The van der Waals surface area contributed by atoms with Crippen LogP contribution in [0.2, 0.25) is 0 Å². The zero-order valence-electron chi connectivity index (χ0n) is 10.2. The number of H-pyrrole nitrogens is 1. The molecule has 18 heavy (non-hydrogen) atoms. The number of aryl methyl sites for hydroxylation is 1. The van der Waals surface area contributed by atoms with E-state index in [0.29, 0.717) is 12.5 Å². The van der Waals surface area contributed by atoms with Crippen LogP contribution in [0.1, 0.15) is 19.0 Å². The molecule has 0 spiro atoms. The second-order valence-corrected chi connectivity index (χ2v) is 3.60. The molecule has 0 atom stereocenters. The Balaban J connectivity index is 2.14. The number of hydrogen-bond donors (Lipinski definition) is 2. The fourth-order valence-electron chi connectivity index (χ4n) is 1.20. The van der Waals surface area contributed by atoms with Gasteiger partial charge in [-0.1, -0.05) is 6.92 Å². The molecular formula is C10H14N6O2. The molecule has 0 fully saturated rings. The van der Waals surface area contributed by atoms with Gasteiger partial charge in [-0.2, -0.15) is 9.97 Å². The number of aromatic amines is 1. The van der Waals surface area contributed by atoms with Gasteiger partial charge in [-0.15, -0.1) is 10.1 Å². The molecule has 0 radical (unpaired) electrons. The summed E-state index contributed by atoms with van der Waals surface area (Å²) in [4.78, 5) is 11.7. The highest BCUT2D eigenvalue weighted by atomic mass is 16.5. The van der Waals surface area contributed by atoms with Gasteiger partial charge in [-0.3, -0.25) is 5.10 Å². The van der Waals surface area contributed by atoms with Crippen molar-refractivity contribution in [3.63, 3.8) is 0 Å². The van der Waals surface area contributed by atoms with E-state index in [0.717, 1.165) is 12.1 Å². The van der Waals surface area contributed by atoms with Crippen molar-refractivity contribution >= 4 is 5.95 Å². The van der Waals surface area contributed by atoms with Crippen molar-refractivity contribution in [3.05, 3.63) is 11.8 Å². The maximum Gasteiger partial charge on any atom is 0.331 e. The first-order valence-corrected chi connectivity index (χ1v) is 5.51. The van der Waals surface area contributed by atoms with E-state index < -0.39 is 0 Å². The minimum Gasteiger partial charge on any atom is -0.463 e. The van der Waals surface area contributed by atoms with Crippen molar-refractivity contribution in [3.8, 4) is 17.9 Å². The molecule has 0 saturated heterocycles. The number of nitrogens with zero attached hydrogens (tertiary/aromatic N) is 4. The normalized spacial score (nSPS) is 10.3. The van der Waals surface area contributed by atoms with Crippen LogP contribution in [0.4, 0.5) is 5.95 Å². The van der Waals surface area contributed by atoms with E-state index in [9.17, 15) is 0 Å². The Bertz CT molecular complexity index is 527. The summed E-state index contributed by atoms with van der Waals surface area (Å²) in [6.07, 6.45) is 0.848. The monoisotopic (exact) mass is 250 g/mol. The summed E-state index contributed by atoms with van der Waals surface area (Å²) in [5, 5.41) is 6.65. The number of hydrogen-bond acceptors (Lipinski definition) is 7. The third-order valence-corrected chi connectivity index (χ3v) is 1.93. The van der Waals surface area contributed by atoms with E-state index in [2.05, 4.69) is 25.1 Å². The molecule has 0 aliphatic carbocycles. The van der Waals surface area contributed by atoms with E-state index in [-0.39, 0.29) is 18.0 Å². The summed E-state index contributed by atoms with van der Waals surface area (Å²) in [6.45, 7) is 4.34. The molecule has 0 saturated carbocycles. The molecule has 0 aliphatic rings. The first-order valence-electron chi connectivity index (χ1n) is 5.51. The molecular weight excluding hydrogens is 236 g/mol. The number of ether oxygens (including phenoxy) is 2. The minimum absolute atomic E-state index is 0.0401. The smallest absolute Gasteiger partial charge is 0.331 e. The summed E-state index contributed by atoms with van der Waals surface area (Å²) in [5.41, 5.74) is 6.41. The van der Waals surface area contributed by atoms with E-state index in [1.807, 2.05) is 13.8 Å². The molecule has 8 heteroatoms. The van der Waals surface area contributed by atoms with Crippen LogP contribution in [-0.2, 0) is 0 Å². The summed E-state index contributed by atoms with van der Waals surface area (Å²) in [5.74, 6) is 0.401. The maximum atomic E-state index is 5.54. The molecule has 2 aromatic heterocycles. The van der Waals surface area contributed by atoms with Crippen LogP contribution in [0.3, 0.4) is 0 Å². The molecule has 0 bridgehead atoms. The SMILES string of the molecule is CCCOc1nc(N)nc(Oc2cc(C)[nH]n2)n1. The molecule has 2 heterocycles. The van der Waals surface area contributed by atoms with Crippen molar-refractivity contribution in [1.82, 2.24) is 25.1 Å². The first kappa shape index (κ1) is 12.1. The summed E-state index contributed by atoms with van der Waals surface area (Å²) >= 11 is 0. The molecule has 3 N–H and O–H groups in total. The number of aromatic nitrogens is 5. The van der Waals surface area contributed by atoms with Crippen molar-refractivity contribution in [2.24, 2.45) is 0 Å². The second-order valence-electron chi connectivity index (χ2n) is 3.60. The number of nitrogens with one attached hydrogen (secondary N) is 1. The highest BCUT2D eigenvalue weighted by Crippen LogP contribution is 2.18. The zero-order chi connectivity index (χ0) is 13.0. The van der Waals surface area contributed by atoms with Gasteiger partial charge in [0, 0.05) is 11.8 Å². The Morgan fingerprint density at radius 3 is 2.72 bits per heavy atom. The molecule has 8 nitrogen and oxygen atoms in total. The topological polar surface area (TPSA) is 112 Å². The third kappa shape index (κ3) is 3.06. The van der Waals surface area contributed by atoms with Gasteiger partial charge in [0.05, 0.1) is 6.61 Å². The Hall–Kier alpha value is -2.38. The fourth-order valence-corrected chi connectivity index (χ4v) is 1.20. The number of rotatable bonds is 5. The van der Waals surface area contributed by atoms with Crippen LogP contribution in [0.25, 0.3) is 0 Å². The van der Waals surface area contributed by atoms with Crippen molar-refractivity contribution < 1.29 is 9.47 Å². The van der Waals surface area contributed by atoms with Crippen LogP contribution in [-0.4, -0.2) is 31.8 Å². The minimum atomic E-state index is 0.0401. The average molecular weight is 250 g/mol. The van der Waals surface area contributed by atoms with Crippen molar-refractivity contribution in [1.29, 1.82) is 0 Å². The molecule has 0 aromatic carbocycles. The van der Waals surface area contributed by atoms with Gasteiger partial charge in [0.15, 0.2) is 0 Å². The second kappa shape index (κ2) is 5.30. The Kier molecular flexibility index (Phi) is 3.56.